The fourth-order valence-corrected chi connectivity index (χ4v) is 2.55. The molecule has 0 radical (unpaired) electrons. The van der Waals surface area contributed by atoms with Crippen LogP contribution in [-0.4, -0.2) is 24.7 Å². The van der Waals surface area contributed by atoms with Crippen molar-refractivity contribution in [1.29, 1.82) is 0 Å². The van der Waals surface area contributed by atoms with Crippen molar-refractivity contribution in [2.45, 2.75) is 13.5 Å². The Balaban J connectivity index is 1.60. The Labute approximate surface area is 150 Å². The first-order chi connectivity index (χ1) is 11.5. The van der Waals surface area contributed by atoms with Gasteiger partial charge in [-0.05, 0) is 36.8 Å². The minimum atomic E-state index is 0.497. The van der Waals surface area contributed by atoms with E-state index in [1.807, 2.05) is 49.1 Å². The van der Waals surface area contributed by atoms with Crippen molar-refractivity contribution in [1.82, 2.24) is 19.6 Å². The Morgan fingerprint density at radius 2 is 1.92 bits per heavy atom. The smallest absolute Gasteiger partial charge is 0.175 e. The molecule has 0 amide bonds. The van der Waals surface area contributed by atoms with E-state index < -0.39 is 0 Å². The van der Waals surface area contributed by atoms with Gasteiger partial charge in [0.05, 0.1) is 36.0 Å². The monoisotopic (exact) mass is 360 g/mol. The maximum Gasteiger partial charge on any atom is 0.175 e. The number of aromatic nitrogens is 4. The number of nitrogens with zero attached hydrogens (tertiary/aromatic N) is 4. The van der Waals surface area contributed by atoms with Gasteiger partial charge in [0, 0.05) is 18.3 Å². The van der Waals surface area contributed by atoms with Crippen molar-refractivity contribution in [2.24, 2.45) is 7.05 Å². The molecule has 0 saturated heterocycles. The van der Waals surface area contributed by atoms with Crippen LogP contribution in [0, 0.1) is 6.92 Å². The number of nitrogens with one attached hydrogen (secondary N) is 2. The van der Waals surface area contributed by atoms with Gasteiger partial charge in [-0.1, -0.05) is 23.7 Å². The summed E-state index contributed by atoms with van der Waals surface area (Å²) in [5.41, 5.74) is 3.84. The molecule has 1 aromatic carbocycles. The third kappa shape index (κ3) is 3.93. The van der Waals surface area contributed by atoms with E-state index >= 15 is 0 Å². The number of hydrogen-bond donors (Lipinski definition) is 2. The molecule has 0 aliphatic rings. The summed E-state index contributed by atoms with van der Waals surface area (Å²) >= 11 is 11.2. The molecule has 3 aromatic rings. The molecule has 2 N–H and O–H groups in total. The summed E-state index contributed by atoms with van der Waals surface area (Å²) in [5.74, 6) is 0. The molecule has 0 bridgehead atoms. The second kappa shape index (κ2) is 7.02. The van der Waals surface area contributed by atoms with Crippen LogP contribution >= 0.6 is 23.8 Å². The summed E-state index contributed by atoms with van der Waals surface area (Å²) in [7, 11) is 1.89. The number of hydrogen-bond acceptors (Lipinski definition) is 3. The number of thiocarbonyl (C=S) groups is 1. The van der Waals surface area contributed by atoms with Gasteiger partial charge >= 0.3 is 0 Å². The van der Waals surface area contributed by atoms with Crippen LogP contribution in [0.5, 0.6) is 0 Å². The van der Waals surface area contributed by atoms with Crippen molar-refractivity contribution in [2.75, 3.05) is 10.6 Å². The zero-order valence-corrected chi connectivity index (χ0v) is 14.9. The standard InChI is InChI=1S/C16H17ClN6S/c1-11-15(8-18-22(11)2)21-16(24)20-14-7-19-23(10-14)9-12-3-5-13(17)6-4-12/h3-8,10H,9H2,1-2H3,(H2,20,21,24). The summed E-state index contributed by atoms with van der Waals surface area (Å²) in [4.78, 5) is 0. The molecule has 0 fully saturated rings. The molecule has 8 heteroatoms. The predicted octanol–water partition coefficient (Wildman–Crippen LogP) is 3.44. The average molecular weight is 361 g/mol. The van der Waals surface area contributed by atoms with Gasteiger partial charge in [0.2, 0.25) is 0 Å². The molecular weight excluding hydrogens is 344 g/mol. The first-order valence-electron chi connectivity index (χ1n) is 7.35. The van der Waals surface area contributed by atoms with E-state index in [-0.39, 0.29) is 0 Å². The molecule has 0 aliphatic carbocycles. The number of rotatable bonds is 4. The lowest BCUT2D eigenvalue weighted by molar-refractivity contribution is 0.687. The van der Waals surface area contributed by atoms with Crippen LogP contribution in [0.4, 0.5) is 11.4 Å². The van der Waals surface area contributed by atoms with E-state index in [9.17, 15) is 0 Å². The molecule has 0 atom stereocenters. The fraction of sp³-hybridized carbons (Fsp3) is 0.188. The van der Waals surface area contributed by atoms with Crippen LogP contribution in [0.3, 0.4) is 0 Å². The third-order valence-electron chi connectivity index (χ3n) is 3.63. The SMILES string of the molecule is Cc1c(NC(=S)Nc2cnn(Cc3ccc(Cl)cc3)c2)cnn1C. The first kappa shape index (κ1) is 16.5. The second-order valence-corrected chi connectivity index (χ2v) is 6.24. The highest BCUT2D eigenvalue weighted by Gasteiger charge is 2.07. The normalized spacial score (nSPS) is 10.6. The zero-order chi connectivity index (χ0) is 17.1. The van der Waals surface area contributed by atoms with Crippen molar-refractivity contribution in [3.63, 3.8) is 0 Å². The van der Waals surface area contributed by atoms with Gasteiger partial charge in [0.1, 0.15) is 0 Å². The second-order valence-electron chi connectivity index (χ2n) is 5.40. The molecule has 2 aromatic heterocycles. The van der Waals surface area contributed by atoms with Crippen LogP contribution in [0.1, 0.15) is 11.3 Å². The van der Waals surface area contributed by atoms with Crippen LogP contribution in [-0.2, 0) is 13.6 Å². The van der Waals surface area contributed by atoms with E-state index in [1.54, 1.807) is 17.1 Å². The minimum Gasteiger partial charge on any atom is -0.330 e. The maximum atomic E-state index is 5.90. The lowest BCUT2D eigenvalue weighted by Crippen LogP contribution is -2.19. The molecule has 0 saturated carbocycles. The summed E-state index contributed by atoms with van der Waals surface area (Å²) in [6.45, 7) is 2.64. The molecule has 2 heterocycles. The van der Waals surface area contributed by atoms with E-state index in [0.717, 1.165) is 27.7 Å². The highest BCUT2D eigenvalue weighted by atomic mass is 35.5. The molecular formula is C16H17ClN6S. The van der Waals surface area contributed by atoms with Crippen LogP contribution in [0.25, 0.3) is 0 Å². The number of aryl methyl sites for hydroxylation is 1. The van der Waals surface area contributed by atoms with Crippen LogP contribution in [0.2, 0.25) is 5.02 Å². The van der Waals surface area contributed by atoms with Gasteiger partial charge in [-0.2, -0.15) is 10.2 Å². The van der Waals surface area contributed by atoms with Crippen molar-refractivity contribution >= 4 is 40.3 Å². The highest BCUT2D eigenvalue weighted by Crippen LogP contribution is 2.14. The minimum absolute atomic E-state index is 0.497. The number of benzene rings is 1. The Morgan fingerprint density at radius 1 is 1.17 bits per heavy atom. The topological polar surface area (TPSA) is 59.7 Å². The summed E-state index contributed by atoms with van der Waals surface area (Å²) in [6.07, 6.45) is 5.38. The van der Waals surface area contributed by atoms with E-state index in [2.05, 4.69) is 20.8 Å². The van der Waals surface area contributed by atoms with Gasteiger partial charge in [-0.3, -0.25) is 9.36 Å². The quantitative estimate of drug-likeness (QED) is 0.698. The van der Waals surface area contributed by atoms with Gasteiger partial charge < -0.3 is 10.6 Å². The Kier molecular flexibility index (Phi) is 4.82. The van der Waals surface area contributed by atoms with Crippen molar-refractivity contribution in [3.8, 4) is 0 Å². The lowest BCUT2D eigenvalue weighted by Gasteiger charge is -2.08. The third-order valence-corrected chi connectivity index (χ3v) is 4.09. The highest BCUT2D eigenvalue weighted by molar-refractivity contribution is 7.80. The Bertz CT molecular complexity index is 852. The zero-order valence-electron chi connectivity index (χ0n) is 13.3. The Hall–Kier alpha value is -2.38. The van der Waals surface area contributed by atoms with Gasteiger partial charge in [-0.25, -0.2) is 0 Å². The number of halogens is 1. The van der Waals surface area contributed by atoms with Crippen LogP contribution in [0.15, 0.2) is 42.9 Å². The first-order valence-corrected chi connectivity index (χ1v) is 8.13. The average Bonchev–Trinajstić information content (AvgIpc) is 3.11. The van der Waals surface area contributed by atoms with E-state index in [1.165, 1.54) is 0 Å². The molecule has 3 rings (SSSR count). The molecule has 124 valence electrons. The fourth-order valence-electron chi connectivity index (χ4n) is 2.20. The van der Waals surface area contributed by atoms with E-state index in [4.69, 9.17) is 23.8 Å². The summed E-state index contributed by atoms with van der Waals surface area (Å²) in [5, 5.41) is 16.0. The molecule has 0 aliphatic heterocycles. The molecule has 24 heavy (non-hydrogen) atoms. The van der Waals surface area contributed by atoms with Gasteiger partial charge in [0.15, 0.2) is 5.11 Å². The van der Waals surface area contributed by atoms with Gasteiger partial charge in [-0.15, -0.1) is 0 Å². The van der Waals surface area contributed by atoms with E-state index in [0.29, 0.717) is 11.7 Å². The largest absolute Gasteiger partial charge is 0.330 e. The van der Waals surface area contributed by atoms with Crippen LogP contribution < -0.4 is 10.6 Å². The summed E-state index contributed by atoms with van der Waals surface area (Å²) < 4.78 is 3.62. The molecule has 0 unspecified atom stereocenters. The lowest BCUT2D eigenvalue weighted by atomic mass is 10.2. The van der Waals surface area contributed by atoms with Gasteiger partial charge in [0.25, 0.3) is 0 Å². The van der Waals surface area contributed by atoms with Crippen molar-refractivity contribution < 1.29 is 0 Å². The van der Waals surface area contributed by atoms with Crippen molar-refractivity contribution in [3.05, 3.63) is 59.1 Å². The maximum absolute atomic E-state index is 5.90. The number of anilines is 2. The summed E-state index contributed by atoms with van der Waals surface area (Å²) in [6, 6.07) is 7.70. The Morgan fingerprint density at radius 3 is 2.58 bits per heavy atom. The molecule has 0 spiro atoms. The molecule has 6 nitrogen and oxygen atoms in total. The predicted molar refractivity (Wildman–Crippen MR) is 101 cm³/mol.